The number of amides is 1. The van der Waals surface area contributed by atoms with Crippen molar-refractivity contribution in [3.05, 3.63) is 39.8 Å². The smallest absolute Gasteiger partial charge is 0.257 e. The normalized spacial score (nSPS) is 10.1. The Labute approximate surface area is 105 Å². The van der Waals surface area contributed by atoms with E-state index in [2.05, 4.69) is 26.2 Å². The van der Waals surface area contributed by atoms with Crippen LogP contribution in [0.1, 0.15) is 10.4 Å². The van der Waals surface area contributed by atoms with Crippen molar-refractivity contribution in [3.63, 3.8) is 0 Å². The van der Waals surface area contributed by atoms with Crippen molar-refractivity contribution in [1.29, 1.82) is 0 Å². The van der Waals surface area contributed by atoms with Crippen LogP contribution in [0.5, 0.6) is 0 Å². The highest BCUT2D eigenvalue weighted by atomic mass is 79.9. The molecule has 16 heavy (non-hydrogen) atoms. The van der Waals surface area contributed by atoms with Crippen LogP contribution in [-0.2, 0) is 0 Å². The van der Waals surface area contributed by atoms with E-state index in [-0.39, 0.29) is 5.91 Å². The van der Waals surface area contributed by atoms with Crippen LogP contribution < -0.4 is 11.1 Å². The van der Waals surface area contributed by atoms with Crippen molar-refractivity contribution in [3.8, 4) is 0 Å². The lowest BCUT2D eigenvalue weighted by Crippen LogP contribution is -2.11. The molecule has 0 bridgehead atoms. The minimum absolute atomic E-state index is 0.214. The molecule has 1 aromatic carbocycles. The van der Waals surface area contributed by atoms with Gasteiger partial charge in [0.1, 0.15) is 0 Å². The molecule has 82 valence electrons. The number of nitrogens with one attached hydrogen (secondary N) is 1. The number of hydrogen-bond donors (Lipinski definition) is 2. The minimum Gasteiger partial charge on any atom is -0.398 e. The molecular weight excluding hydrogens is 290 g/mol. The highest BCUT2D eigenvalue weighted by Crippen LogP contribution is 2.21. The molecule has 0 aliphatic heterocycles. The molecule has 0 radical (unpaired) electrons. The van der Waals surface area contributed by atoms with Crippen LogP contribution in [0.4, 0.5) is 10.8 Å². The fourth-order valence-electron chi connectivity index (χ4n) is 1.14. The Balaban J connectivity index is 2.18. The fourth-order valence-corrected chi connectivity index (χ4v) is 1.91. The maximum Gasteiger partial charge on any atom is 0.257 e. The molecule has 1 amide bonds. The van der Waals surface area contributed by atoms with Crippen LogP contribution in [-0.4, -0.2) is 10.9 Å². The quantitative estimate of drug-likeness (QED) is 0.838. The van der Waals surface area contributed by atoms with Crippen molar-refractivity contribution in [1.82, 2.24) is 4.98 Å². The summed E-state index contributed by atoms with van der Waals surface area (Å²) < 4.78 is 0.776. The molecule has 0 atom stereocenters. The number of anilines is 2. The number of halogens is 1. The van der Waals surface area contributed by atoms with Gasteiger partial charge in [0.15, 0.2) is 5.13 Å². The van der Waals surface area contributed by atoms with Crippen molar-refractivity contribution < 1.29 is 4.79 Å². The Kier molecular flexibility index (Phi) is 3.21. The Morgan fingerprint density at radius 3 is 2.94 bits per heavy atom. The van der Waals surface area contributed by atoms with Gasteiger partial charge in [0.05, 0.1) is 0 Å². The summed E-state index contributed by atoms with van der Waals surface area (Å²) >= 11 is 4.64. The van der Waals surface area contributed by atoms with Gasteiger partial charge in [-0.2, -0.15) is 0 Å². The van der Waals surface area contributed by atoms with E-state index in [1.807, 2.05) is 0 Å². The van der Waals surface area contributed by atoms with Crippen LogP contribution >= 0.6 is 27.3 Å². The van der Waals surface area contributed by atoms with E-state index in [9.17, 15) is 4.79 Å². The standard InChI is InChI=1S/C10H8BrN3OS/c11-7-2-1-6(5-8(7)12)9(15)14-10-13-3-4-16-10/h1-5H,12H2,(H,13,14,15). The second kappa shape index (κ2) is 4.63. The molecule has 1 heterocycles. The zero-order valence-corrected chi connectivity index (χ0v) is 10.5. The topological polar surface area (TPSA) is 68.0 Å². The van der Waals surface area contributed by atoms with Gasteiger partial charge in [-0.1, -0.05) is 0 Å². The molecule has 0 spiro atoms. The fraction of sp³-hybridized carbons (Fsp3) is 0. The van der Waals surface area contributed by atoms with E-state index in [1.165, 1.54) is 11.3 Å². The number of nitrogens with zero attached hydrogens (tertiary/aromatic N) is 1. The average Bonchev–Trinajstić information content (AvgIpc) is 2.74. The molecular formula is C10H8BrN3OS. The van der Waals surface area contributed by atoms with E-state index in [0.717, 1.165) is 4.47 Å². The second-order valence-corrected chi connectivity index (χ2v) is 4.78. The molecule has 1 aromatic heterocycles. The Morgan fingerprint density at radius 1 is 1.50 bits per heavy atom. The number of carbonyl (C=O) groups is 1. The summed E-state index contributed by atoms with van der Waals surface area (Å²) in [5.74, 6) is -0.214. The number of carbonyl (C=O) groups excluding carboxylic acids is 1. The average molecular weight is 298 g/mol. The van der Waals surface area contributed by atoms with Crippen LogP contribution in [0.3, 0.4) is 0 Å². The molecule has 6 heteroatoms. The zero-order valence-electron chi connectivity index (χ0n) is 8.11. The molecule has 0 fully saturated rings. The van der Waals surface area contributed by atoms with E-state index in [4.69, 9.17) is 5.73 Å². The maximum absolute atomic E-state index is 11.8. The molecule has 0 aliphatic rings. The van der Waals surface area contributed by atoms with Crippen LogP contribution in [0, 0.1) is 0 Å². The first kappa shape index (κ1) is 11.1. The number of thiazole rings is 1. The lowest BCUT2D eigenvalue weighted by molar-refractivity contribution is 0.102. The monoisotopic (exact) mass is 297 g/mol. The molecule has 0 saturated carbocycles. The zero-order chi connectivity index (χ0) is 11.5. The van der Waals surface area contributed by atoms with E-state index >= 15 is 0 Å². The van der Waals surface area contributed by atoms with Gasteiger partial charge in [0.25, 0.3) is 5.91 Å². The molecule has 0 unspecified atom stereocenters. The van der Waals surface area contributed by atoms with Crippen LogP contribution in [0.15, 0.2) is 34.2 Å². The molecule has 0 aliphatic carbocycles. The summed E-state index contributed by atoms with van der Waals surface area (Å²) in [6.07, 6.45) is 1.64. The number of benzene rings is 1. The SMILES string of the molecule is Nc1cc(C(=O)Nc2nccs2)ccc1Br. The van der Waals surface area contributed by atoms with E-state index in [0.29, 0.717) is 16.4 Å². The summed E-state index contributed by atoms with van der Waals surface area (Å²) in [6, 6.07) is 5.06. The van der Waals surface area contributed by atoms with E-state index in [1.54, 1.807) is 29.8 Å². The third-order valence-corrected chi connectivity index (χ3v) is 3.32. The van der Waals surface area contributed by atoms with E-state index < -0.39 is 0 Å². The van der Waals surface area contributed by atoms with Crippen LogP contribution in [0.25, 0.3) is 0 Å². The maximum atomic E-state index is 11.8. The summed E-state index contributed by atoms with van der Waals surface area (Å²) in [6.45, 7) is 0. The first-order valence-corrected chi connectivity index (χ1v) is 6.10. The second-order valence-electron chi connectivity index (χ2n) is 3.03. The number of nitrogen functional groups attached to an aromatic ring is 1. The molecule has 4 nitrogen and oxygen atoms in total. The third-order valence-electron chi connectivity index (χ3n) is 1.91. The van der Waals surface area contributed by atoms with Gasteiger partial charge in [-0.05, 0) is 34.1 Å². The lowest BCUT2D eigenvalue weighted by Gasteiger charge is -2.03. The Hall–Kier alpha value is -1.40. The van der Waals surface area contributed by atoms with Gasteiger partial charge in [-0.15, -0.1) is 11.3 Å². The Morgan fingerprint density at radius 2 is 2.31 bits per heavy atom. The summed E-state index contributed by atoms with van der Waals surface area (Å²) in [5.41, 5.74) is 6.74. The van der Waals surface area contributed by atoms with Gasteiger partial charge in [0, 0.05) is 27.3 Å². The molecule has 3 N–H and O–H groups in total. The highest BCUT2D eigenvalue weighted by Gasteiger charge is 2.08. The largest absolute Gasteiger partial charge is 0.398 e. The first-order valence-electron chi connectivity index (χ1n) is 4.42. The number of rotatable bonds is 2. The lowest BCUT2D eigenvalue weighted by atomic mass is 10.2. The van der Waals surface area contributed by atoms with Gasteiger partial charge in [0.2, 0.25) is 0 Å². The third kappa shape index (κ3) is 2.40. The van der Waals surface area contributed by atoms with Gasteiger partial charge >= 0.3 is 0 Å². The van der Waals surface area contributed by atoms with Crippen molar-refractivity contribution in [2.45, 2.75) is 0 Å². The summed E-state index contributed by atoms with van der Waals surface area (Å²) in [5, 5.41) is 5.06. The van der Waals surface area contributed by atoms with Gasteiger partial charge in [-0.3, -0.25) is 10.1 Å². The Bertz CT molecular complexity index is 513. The van der Waals surface area contributed by atoms with Gasteiger partial charge < -0.3 is 5.73 Å². The predicted molar refractivity (Wildman–Crippen MR) is 68.6 cm³/mol. The number of nitrogens with two attached hydrogens (primary N) is 1. The first-order chi connectivity index (χ1) is 7.66. The number of aromatic nitrogens is 1. The van der Waals surface area contributed by atoms with Crippen molar-refractivity contribution >= 4 is 44.0 Å². The van der Waals surface area contributed by atoms with Crippen LogP contribution in [0.2, 0.25) is 0 Å². The molecule has 2 aromatic rings. The van der Waals surface area contributed by atoms with Crippen molar-refractivity contribution in [2.24, 2.45) is 0 Å². The molecule has 0 saturated heterocycles. The molecule has 2 rings (SSSR count). The summed E-state index contributed by atoms with van der Waals surface area (Å²) in [4.78, 5) is 15.7. The van der Waals surface area contributed by atoms with Crippen molar-refractivity contribution in [2.75, 3.05) is 11.1 Å². The number of hydrogen-bond acceptors (Lipinski definition) is 4. The van der Waals surface area contributed by atoms with Gasteiger partial charge in [-0.25, -0.2) is 4.98 Å². The predicted octanol–water partition coefficient (Wildman–Crippen LogP) is 2.74. The highest BCUT2D eigenvalue weighted by molar-refractivity contribution is 9.10. The minimum atomic E-state index is -0.214. The summed E-state index contributed by atoms with van der Waals surface area (Å²) in [7, 11) is 0.